The van der Waals surface area contributed by atoms with Gasteiger partial charge in [-0.2, -0.15) is 0 Å². The summed E-state index contributed by atoms with van der Waals surface area (Å²) in [5.41, 5.74) is 2.07. The van der Waals surface area contributed by atoms with Crippen LogP contribution in [0.25, 0.3) is 0 Å². The molecule has 0 fully saturated rings. The summed E-state index contributed by atoms with van der Waals surface area (Å²) in [7, 11) is -1.09. The number of sulfonamides is 1. The molecule has 2 amide bonds. The summed E-state index contributed by atoms with van der Waals surface area (Å²) >= 11 is 0. The number of anilines is 1. The Morgan fingerprint density at radius 2 is 1.43 bits per heavy atom. The molecule has 0 saturated carbocycles. The second-order valence-electron chi connectivity index (χ2n) is 9.96. The van der Waals surface area contributed by atoms with Crippen LogP contribution < -0.4 is 19.1 Å². The van der Waals surface area contributed by atoms with E-state index in [1.807, 2.05) is 32.9 Å². The zero-order valence-corrected chi connectivity index (χ0v) is 25.8. The van der Waals surface area contributed by atoms with Crippen LogP contribution in [-0.4, -0.2) is 58.5 Å². The van der Waals surface area contributed by atoms with E-state index in [1.165, 1.54) is 24.1 Å². The molecule has 0 unspecified atom stereocenters. The predicted molar refractivity (Wildman–Crippen MR) is 164 cm³/mol. The first-order valence-corrected chi connectivity index (χ1v) is 15.5. The zero-order chi connectivity index (χ0) is 30.7. The number of unbranched alkanes of at least 4 members (excludes halogenated alkanes) is 1. The number of ether oxygens (including phenoxy) is 2. The van der Waals surface area contributed by atoms with Gasteiger partial charge in [0.05, 0.1) is 24.8 Å². The third kappa shape index (κ3) is 8.25. The first-order chi connectivity index (χ1) is 20.1. The summed E-state index contributed by atoms with van der Waals surface area (Å²) < 4.78 is 39.5. The number of benzene rings is 3. The standard InChI is InChI=1S/C32H41N3O6S/c1-6-8-21-33-32(37)30(7-2)34(22-25-11-15-27(40-4)16-12-25)31(36)23-35(26-13-9-24(3)10-14-26)42(38,39)29-19-17-28(41-5)18-20-29/h9-20,30H,6-8,21-23H2,1-5H3,(H,33,37)/t30-/m1/s1. The van der Waals surface area contributed by atoms with Crippen LogP contribution in [0.1, 0.15) is 44.2 Å². The summed E-state index contributed by atoms with van der Waals surface area (Å²) in [6.07, 6.45) is 2.09. The molecule has 3 rings (SSSR count). The number of methoxy groups -OCH3 is 2. The van der Waals surface area contributed by atoms with E-state index in [0.717, 1.165) is 28.3 Å². The molecule has 10 heteroatoms. The van der Waals surface area contributed by atoms with Crippen LogP contribution in [0.15, 0.2) is 77.7 Å². The van der Waals surface area contributed by atoms with Gasteiger partial charge in [0.1, 0.15) is 24.1 Å². The van der Waals surface area contributed by atoms with Gasteiger partial charge >= 0.3 is 0 Å². The van der Waals surface area contributed by atoms with E-state index >= 15 is 0 Å². The van der Waals surface area contributed by atoms with E-state index in [9.17, 15) is 18.0 Å². The Morgan fingerprint density at radius 1 is 0.857 bits per heavy atom. The average Bonchev–Trinajstić information content (AvgIpc) is 3.00. The fraction of sp³-hybridized carbons (Fsp3) is 0.375. The lowest BCUT2D eigenvalue weighted by atomic mass is 10.1. The number of amides is 2. The van der Waals surface area contributed by atoms with Crippen molar-refractivity contribution in [3.05, 3.63) is 83.9 Å². The van der Waals surface area contributed by atoms with Crippen molar-refractivity contribution in [2.45, 2.75) is 57.5 Å². The summed E-state index contributed by atoms with van der Waals surface area (Å²) in [4.78, 5) is 28.9. The minimum atomic E-state index is -4.16. The maximum atomic E-state index is 14.1. The quantitative estimate of drug-likeness (QED) is 0.250. The van der Waals surface area contributed by atoms with Gasteiger partial charge in [0.2, 0.25) is 11.8 Å². The topological polar surface area (TPSA) is 105 Å². The number of carbonyl (C=O) groups is 2. The van der Waals surface area contributed by atoms with E-state index < -0.39 is 28.5 Å². The van der Waals surface area contributed by atoms with E-state index in [0.29, 0.717) is 30.2 Å². The summed E-state index contributed by atoms with van der Waals surface area (Å²) in [5, 5.41) is 2.94. The fourth-order valence-corrected chi connectivity index (χ4v) is 5.88. The Labute approximate surface area is 249 Å². The molecule has 9 nitrogen and oxygen atoms in total. The highest BCUT2D eigenvalue weighted by Crippen LogP contribution is 2.26. The molecule has 0 aliphatic rings. The van der Waals surface area contributed by atoms with Gasteiger partial charge in [0.15, 0.2) is 0 Å². The van der Waals surface area contributed by atoms with Crippen molar-refractivity contribution in [1.82, 2.24) is 10.2 Å². The zero-order valence-electron chi connectivity index (χ0n) is 25.0. The number of aryl methyl sites for hydroxylation is 1. The molecule has 0 aliphatic heterocycles. The number of hydrogen-bond acceptors (Lipinski definition) is 6. The van der Waals surface area contributed by atoms with Gasteiger partial charge in [-0.05, 0) is 73.9 Å². The maximum absolute atomic E-state index is 14.1. The van der Waals surface area contributed by atoms with Crippen LogP contribution in [0.2, 0.25) is 0 Å². The Bertz CT molecular complexity index is 1410. The van der Waals surface area contributed by atoms with Crippen LogP contribution in [0.5, 0.6) is 11.5 Å². The van der Waals surface area contributed by atoms with Crippen molar-refractivity contribution >= 4 is 27.5 Å². The minimum Gasteiger partial charge on any atom is -0.497 e. The second-order valence-corrected chi connectivity index (χ2v) is 11.8. The number of rotatable bonds is 15. The average molecular weight is 596 g/mol. The van der Waals surface area contributed by atoms with E-state index in [-0.39, 0.29) is 17.3 Å². The Kier molecular flexibility index (Phi) is 11.8. The SMILES string of the molecule is CCCCNC(=O)[C@@H](CC)N(Cc1ccc(OC)cc1)C(=O)CN(c1ccc(C)cc1)S(=O)(=O)c1ccc(OC)cc1. The van der Waals surface area contributed by atoms with Gasteiger partial charge in [-0.15, -0.1) is 0 Å². The molecule has 0 spiro atoms. The monoisotopic (exact) mass is 595 g/mol. The lowest BCUT2D eigenvalue weighted by Gasteiger charge is -2.33. The molecular weight excluding hydrogens is 554 g/mol. The highest BCUT2D eigenvalue weighted by Gasteiger charge is 2.33. The van der Waals surface area contributed by atoms with Crippen LogP contribution in [0.4, 0.5) is 5.69 Å². The molecule has 0 saturated heterocycles. The highest BCUT2D eigenvalue weighted by atomic mass is 32.2. The molecule has 3 aromatic carbocycles. The molecule has 1 N–H and O–H groups in total. The third-order valence-electron chi connectivity index (χ3n) is 6.98. The van der Waals surface area contributed by atoms with Crippen molar-refractivity contribution in [2.24, 2.45) is 0 Å². The van der Waals surface area contributed by atoms with E-state index in [1.54, 1.807) is 55.6 Å². The van der Waals surface area contributed by atoms with Crippen molar-refractivity contribution in [1.29, 1.82) is 0 Å². The van der Waals surface area contributed by atoms with Gasteiger partial charge in [-0.3, -0.25) is 13.9 Å². The summed E-state index contributed by atoms with van der Waals surface area (Å²) in [5.74, 6) is 0.406. The number of nitrogens with zero attached hydrogens (tertiary/aromatic N) is 2. The van der Waals surface area contributed by atoms with Crippen LogP contribution in [-0.2, 0) is 26.2 Å². The Morgan fingerprint density at radius 3 is 1.95 bits per heavy atom. The van der Waals surface area contributed by atoms with Crippen molar-refractivity contribution in [3.8, 4) is 11.5 Å². The molecule has 0 aliphatic carbocycles. The molecule has 0 radical (unpaired) electrons. The fourth-order valence-electron chi connectivity index (χ4n) is 4.47. The van der Waals surface area contributed by atoms with Gasteiger partial charge in [-0.1, -0.05) is 50.1 Å². The van der Waals surface area contributed by atoms with Gasteiger partial charge in [0.25, 0.3) is 10.0 Å². The van der Waals surface area contributed by atoms with Crippen molar-refractivity contribution in [2.75, 3.05) is 31.6 Å². The molecule has 226 valence electrons. The lowest BCUT2D eigenvalue weighted by molar-refractivity contribution is -0.140. The maximum Gasteiger partial charge on any atom is 0.264 e. The summed E-state index contributed by atoms with van der Waals surface area (Å²) in [6.45, 7) is 5.89. The minimum absolute atomic E-state index is 0.0164. The number of carbonyl (C=O) groups excluding carboxylic acids is 2. The van der Waals surface area contributed by atoms with E-state index in [4.69, 9.17) is 9.47 Å². The highest BCUT2D eigenvalue weighted by molar-refractivity contribution is 7.92. The first kappa shape index (κ1) is 32.5. The lowest BCUT2D eigenvalue weighted by Crippen LogP contribution is -2.52. The summed E-state index contributed by atoms with van der Waals surface area (Å²) in [6, 6.07) is 19.4. The second kappa shape index (κ2) is 15.3. The van der Waals surface area contributed by atoms with Gasteiger partial charge in [-0.25, -0.2) is 8.42 Å². The van der Waals surface area contributed by atoms with Crippen LogP contribution in [0.3, 0.4) is 0 Å². The van der Waals surface area contributed by atoms with E-state index in [2.05, 4.69) is 5.32 Å². The van der Waals surface area contributed by atoms with Crippen LogP contribution >= 0.6 is 0 Å². The van der Waals surface area contributed by atoms with Crippen molar-refractivity contribution < 1.29 is 27.5 Å². The largest absolute Gasteiger partial charge is 0.497 e. The smallest absolute Gasteiger partial charge is 0.264 e. The molecular formula is C32H41N3O6S. The Balaban J connectivity index is 2.02. The molecule has 0 heterocycles. The normalized spacial score (nSPS) is 11.8. The van der Waals surface area contributed by atoms with Gasteiger partial charge in [0, 0.05) is 13.1 Å². The third-order valence-corrected chi connectivity index (χ3v) is 8.76. The molecule has 1 atom stereocenters. The number of hydrogen-bond donors (Lipinski definition) is 1. The molecule has 0 aromatic heterocycles. The predicted octanol–water partition coefficient (Wildman–Crippen LogP) is 4.93. The first-order valence-electron chi connectivity index (χ1n) is 14.1. The number of nitrogens with one attached hydrogen (secondary N) is 1. The van der Waals surface area contributed by atoms with Crippen LogP contribution in [0, 0.1) is 6.92 Å². The Hall–Kier alpha value is -4.05. The molecule has 42 heavy (non-hydrogen) atoms. The molecule has 0 bridgehead atoms. The van der Waals surface area contributed by atoms with Gasteiger partial charge < -0.3 is 19.7 Å². The molecule has 3 aromatic rings. The van der Waals surface area contributed by atoms with Crippen molar-refractivity contribution in [3.63, 3.8) is 0 Å².